The molecular weight excluding hydrogens is 380 g/mol. The van der Waals surface area contributed by atoms with Crippen LogP contribution in [0.5, 0.6) is 23.0 Å². The van der Waals surface area contributed by atoms with E-state index in [0.717, 1.165) is 15.8 Å². The Hall–Kier alpha value is -3.44. The molecule has 0 spiro atoms. The van der Waals surface area contributed by atoms with Crippen molar-refractivity contribution in [3.8, 4) is 35.3 Å². The lowest BCUT2D eigenvalue weighted by Gasteiger charge is -2.02. The molecule has 1 aromatic heterocycles. The fraction of sp³-hybridized carbons (Fsp3) is 0.200. The fourth-order valence-electron chi connectivity index (χ4n) is 3.16. The predicted molar refractivity (Wildman–Crippen MR) is 102 cm³/mol. The van der Waals surface area contributed by atoms with E-state index in [1.165, 1.54) is 11.3 Å². The second kappa shape index (κ2) is 6.62. The summed E-state index contributed by atoms with van der Waals surface area (Å²) in [6.07, 6.45) is 5.68. The van der Waals surface area contributed by atoms with Gasteiger partial charge in [-0.1, -0.05) is 23.3 Å². The van der Waals surface area contributed by atoms with E-state index in [1.807, 2.05) is 22.8 Å². The van der Waals surface area contributed by atoms with Crippen LogP contribution < -0.4 is 23.7 Å². The number of amides is 1. The van der Waals surface area contributed by atoms with Crippen LogP contribution in [-0.2, 0) is 17.8 Å². The van der Waals surface area contributed by atoms with Crippen molar-refractivity contribution in [1.29, 1.82) is 0 Å². The van der Waals surface area contributed by atoms with Crippen molar-refractivity contribution in [2.75, 3.05) is 13.6 Å². The molecule has 0 radical (unpaired) electrons. The Morgan fingerprint density at radius 2 is 1.79 bits per heavy atom. The fourth-order valence-corrected chi connectivity index (χ4v) is 4.22. The minimum atomic E-state index is -0.267. The number of hydrogen-bond donors (Lipinski definition) is 0. The molecular formula is C20H14N2O5S. The van der Waals surface area contributed by atoms with Crippen LogP contribution in [0.3, 0.4) is 0 Å². The zero-order valence-corrected chi connectivity index (χ0v) is 15.5. The van der Waals surface area contributed by atoms with Crippen molar-refractivity contribution in [3.63, 3.8) is 0 Å². The topological polar surface area (TPSA) is 71.3 Å². The van der Waals surface area contributed by atoms with Crippen molar-refractivity contribution in [3.05, 3.63) is 40.7 Å². The van der Waals surface area contributed by atoms with Gasteiger partial charge in [0.2, 0.25) is 13.6 Å². The van der Waals surface area contributed by atoms with Gasteiger partial charge in [-0.05, 0) is 17.7 Å². The highest BCUT2D eigenvalue weighted by Crippen LogP contribution is 2.37. The standard InChI is InChI=1S/C20H14N2O5S/c1-2-5-22-13-8-16-17(27-11-26-16)9-18(13)28-20(22)21-19(23)7-12-3-4-14-15(6-12)25-10-24-14/h1,3-4,6,8-9H,5,7,10-11H2. The first-order valence-corrected chi connectivity index (χ1v) is 9.35. The van der Waals surface area contributed by atoms with Gasteiger partial charge in [-0.25, -0.2) is 0 Å². The summed E-state index contributed by atoms with van der Waals surface area (Å²) in [5.74, 6) is 5.02. The number of benzene rings is 2. The van der Waals surface area contributed by atoms with E-state index in [1.54, 1.807) is 12.1 Å². The second-order valence-electron chi connectivity index (χ2n) is 6.22. The second-order valence-corrected chi connectivity index (χ2v) is 7.23. The molecule has 0 saturated carbocycles. The summed E-state index contributed by atoms with van der Waals surface area (Å²) in [5, 5.41) is 0. The monoisotopic (exact) mass is 394 g/mol. The average molecular weight is 394 g/mol. The lowest BCUT2D eigenvalue weighted by Crippen LogP contribution is -2.17. The molecule has 2 aliphatic heterocycles. The first-order chi connectivity index (χ1) is 13.7. The van der Waals surface area contributed by atoms with Crippen LogP contribution in [0, 0.1) is 12.3 Å². The minimum absolute atomic E-state index is 0.156. The molecule has 3 heterocycles. The average Bonchev–Trinajstić information content (AvgIpc) is 3.39. The number of fused-ring (bicyclic) bond motifs is 3. The van der Waals surface area contributed by atoms with Crippen molar-refractivity contribution in [1.82, 2.24) is 4.57 Å². The lowest BCUT2D eigenvalue weighted by atomic mass is 10.1. The van der Waals surface area contributed by atoms with E-state index in [0.29, 0.717) is 34.3 Å². The van der Waals surface area contributed by atoms with E-state index < -0.39 is 0 Å². The highest BCUT2D eigenvalue weighted by molar-refractivity contribution is 7.16. The third kappa shape index (κ3) is 2.86. The number of rotatable bonds is 3. The zero-order chi connectivity index (χ0) is 19.1. The molecule has 0 atom stereocenters. The SMILES string of the molecule is C#CCn1c(=NC(=O)Cc2ccc3c(c2)OCO3)sc2cc3c(cc21)OCO3. The Bertz CT molecular complexity index is 1220. The van der Waals surface area contributed by atoms with Crippen LogP contribution in [0.25, 0.3) is 10.2 Å². The van der Waals surface area contributed by atoms with Gasteiger partial charge in [0.1, 0.15) is 0 Å². The predicted octanol–water partition coefficient (Wildman–Crippen LogP) is 2.46. The first kappa shape index (κ1) is 16.7. The number of ether oxygens (including phenoxy) is 4. The first-order valence-electron chi connectivity index (χ1n) is 8.54. The Kier molecular flexibility index (Phi) is 3.95. The number of carbonyl (C=O) groups excluding carboxylic acids is 1. The molecule has 0 saturated heterocycles. The summed E-state index contributed by atoms with van der Waals surface area (Å²) in [4.78, 5) is 17.4. The summed E-state index contributed by atoms with van der Waals surface area (Å²) in [6.45, 7) is 0.700. The van der Waals surface area contributed by atoms with E-state index in [-0.39, 0.29) is 25.9 Å². The third-order valence-corrected chi connectivity index (χ3v) is 5.48. The molecule has 28 heavy (non-hydrogen) atoms. The number of hydrogen-bond acceptors (Lipinski definition) is 6. The molecule has 2 aliphatic rings. The van der Waals surface area contributed by atoms with E-state index >= 15 is 0 Å². The molecule has 0 N–H and O–H groups in total. The summed E-state index contributed by atoms with van der Waals surface area (Å²) < 4.78 is 24.3. The summed E-state index contributed by atoms with van der Waals surface area (Å²) in [6, 6.07) is 9.18. The van der Waals surface area contributed by atoms with Crippen LogP contribution in [-0.4, -0.2) is 24.1 Å². The molecule has 1 amide bonds. The van der Waals surface area contributed by atoms with Crippen LogP contribution in [0.1, 0.15) is 5.56 Å². The van der Waals surface area contributed by atoms with Crippen molar-refractivity contribution >= 4 is 27.5 Å². The van der Waals surface area contributed by atoms with Crippen LogP contribution >= 0.6 is 11.3 Å². The highest BCUT2D eigenvalue weighted by atomic mass is 32.1. The molecule has 8 heteroatoms. The van der Waals surface area contributed by atoms with Gasteiger partial charge in [0.15, 0.2) is 27.8 Å². The molecule has 0 bridgehead atoms. The number of terminal acetylenes is 1. The number of thiazole rings is 1. The molecule has 3 aromatic rings. The maximum atomic E-state index is 12.6. The zero-order valence-electron chi connectivity index (χ0n) is 14.6. The Labute approximate surface area is 163 Å². The Morgan fingerprint density at radius 1 is 1.07 bits per heavy atom. The van der Waals surface area contributed by atoms with Gasteiger partial charge < -0.3 is 23.5 Å². The van der Waals surface area contributed by atoms with E-state index in [9.17, 15) is 4.79 Å². The van der Waals surface area contributed by atoms with Crippen LogP contribution in [0.15, 0.2) is 35.3 Å². The largest absolute Gasteiger partial charge is 0.454 e. The quantitative estimate of drug-likeness (QED) is 0.639. The maximum Gasteiger partial charge on any atom is 0.252 e. The van der Waals surface area contributed by atoms with Gasteiger partial charge in [0.05, 0.1) is 23.2 Å². The van der Waals surface area contributed by atoms with Gasteiger partial charge in [-0.2, -0.15) is 4.99 Å². The highest BCUT2D eigenvalue weighted by Gasteiger charge is 2.18. The van der Waals surface area contributed by atoms with Gasteiger partial charge in [0.25, 0.3) is 5.91 Å². The molecule has 5 rings (SSSR count). The molecule has 7 nitrogen and oxygen atoms in total. The van der Waals surface area contributed by atoms with Gasteiger partial charge in [-0.15, -0.1) is 6.42 Å². The van der Waals surface area contributed by atoms with E-state index in [4.69, 9.17) is 25.4 Å². The normalized spacial score (nSPS) is 14.5. The van der Waals surface area contributed by atoms with Gasteiger partial charge in [0, 0.05) is 12.1 Å². The molecule has 0 unspecified atom stereocenters. The number of nitrogens with zero attached hydrogens (tertiary/aromatic N) is 2. The molecule has 140 valence electrons. The maximum absolute atomic E-state index is 12.6. The molecule has 0 aliphatic carbocycles. The minimum Gasteiger partial charge on any atom is -0.454 e. The summed E-state index contributed by atoms with van der Waals surface area (Å²) >= 11 is 1.39. The van der Waals surface area contributed by atoms with Crippen LogP contribution in [0.2, 0.25) is 0 Å². The lowest BCUT2D eigenvalue weighted by molar-refractivity contribution is -0.117. The Morgan fingerprint density at radius 3 is 2.57 bits per heavy atom. The van der Waals surface area contributed by atoms with Crippen molar-refractivity contribution in [2.24, 2.45) is 4.99 Å². The smallest absolute Gasteiger partial charge is 0.252 e. The van der Waals surface area contributed by atoms with Gasteiger partial charge in [-0.3, -0.25) is 4.79 Å². The third-order valence-electron chi connectivity index (χ3n) is 4.44. The number of carbonyl (C=O) groups is 1. The van der Waals surface area contributed by atoms with Gasteiger partial charge >= 0.3 is 0 Å². The van der Waals surface area contributed by atoms with E-state index in [2.05, 4.69) is 10.9 Å². The van der Waals surface area contributed by atoms with Crippen LogP contribution in [0.4, 0.5) is 0 Å². The summed E-state index contributed by atoms with van der Waals surface area (Å²) in [5.41, 5.74) is 1.67. The molecule has 0 fully saturated rings. The van der Waals surface area contributed by atoms with Crippen molar-refractivity contribution < 1.29 is 23.7 Å². The summed E-state index contributed by atoms with van der Waals surface area (Å²) in [7, 11) is 0. The Balaban J connectivity index is 1.50. The number of aromatic nitrogens is 1. The van der Waals surface area contributed by atoms with Crippen molar-refractivity contribution in [2.45, 2.75) is 13.0 Å². The molecule has 2 aromatic carbocycles.